The lowest BCUT2D eigenvalue weighted by atomic mass is 10.1. The highest BCUT2D eigenvalue weighted by atomic mass is 79.9. The zero-order chi connectivity index (χ0) is 14.0. The van der Waals surface area contributed by atoms with E-state index in [1.807, 2.05) is 0 Å². The number of rotatable bonds is 2. The molecule has 6 nitrogen and oxygen atoms in total. The lowest BCUT2D eigenvalue weighted by molar-refractivity contribution is -0.385. The second-order valence-electron chi connectivity index (χ2n) is 4.06. The Hall–Kier alpha value is -1.28. The molecule has 0 unspecified atom stereocenters. The van der Waals surface area contributed by atoms with Gasteiger partial charge in [-0.05, 0) is 28.1 Å². The Morgan fingerprint density at radius 1 is 1.37 bits per heavy atom. The van der Waals surface area contributed by atoms with Gasteiger partial charge in [0.05, 0.1) is 9.40 Å². The van der Waals surface area contributed by atoms with E-state index in [1.54, 1.807) is 11.0 Å². The molecule has 1 aliphatic heterocycles. The Morgan fingerprint density at radius 3 is 2.58 bits per heavy atom. The first kappa shape index (κ1) is 14.1. The van der Waals surface area contributed by atoms with E-state index in [1.165, 1.54) is 12.1 Å². The lowest BCUT2D eigenvalue weighted by Crippen LogP contribution is -2.41. The monoisotopic (exact) mass is 346 g/mol. The van der Waals surface area contributed by atoms with Gasteiger partial charge in [0.2, 0.25) is 0 Å². The molecule has 102 valence electrons. The van der Waals surface area contributed by atoms with Gasteiger partial charge in [-0.25, -0.2) is 0 Å². The SMILES string of the molecule is O=C(c1ccc(Br)c([N+](=O)[O-])c1)N1CCS(=O)CC1. The summed E-state index contributed by atoms with van der Waals surface area (Å²) in [6.45, 7) is 0.852. The maximum absolute atomic E-state index is 12.2. The van der Waals surface area contributed by atoms with Crippen LogP contribution in [0.3, 0.4) is 0 Å². The van der Waals surface area contributed by atoms with Gasteiger partial charge >= 0.3 is 0 Å². The highest BCUT2D eigenvalue weighted by Crippen LogP contribution is 2.26. The van der Waals surface area contributed by atoms with Crippen LogP contribution >= 0.6 is 15.9 Å². The molecule has 1 heterocycles. The molecule has 0 atom stereocenters. The van der Waals surface area contributed by atoms with E-state index in [9.17, 15) is 19.1 Å². The first-order valence-electron chi connectivity index (χ1n) is 5.57. The third kappa shape index (κ3) is 3.19. The van der Waals surface area contributed by atoms with Crippen LogP contribution in [0.1, 0.15) is 10.4 Å². The molecule has 0 bridgehead atoms. The predicted octanol–water partition coefficient (Wildman–Crippen LogP) is 1.56. The topological polar surface area (TPSA) is 80.5 Å². The van der Waals surface area contributed by atoms with E-state index in [2.05, 4.69) is 15.9 Å². The van der Waals surface area contributed by atoms with Gasteiger partial charge in [0.25, 0.3) is 11.6 Å². The molecule has 0 radical (unpaired) electrons. The van der Waals surface area contributed by atoms with Crippen molar-refractivity contribution in [1.29, 1.82) is 0 Å². The van der Waals surface area contributed by atoms with Crippen molar-refractivity contribution in [2.24, 2.45) is 0 Å². The molecule has 8 heteroatoms. The van der Waals surface area contributed by atoms with Crippen LogP contribution in [0.5, 0.6) is 0 Å². The minimum atomic E-state index is -0.859. The molecule has 1 aliphatic rings. The first-order chi connectivity index (χ1) is 8.99. The van der Waals surface area contributed by atoms with Crippen LogP contribution < -0.4 is 0 Å². The highest BCUT2D eigenvalue weighted by molar-refractivity contribution is 9.10. The standard InChI is InChI=1S/C11H11BrN2O4S/c12-9-2-1-8(7-10(9)14(16)17)11(15)13-3-5-19(18)6-4-13/h1-2,7H,3-6H2. The molecule has 1 saturated heterocycles. The molecular formula is C11H11BrN2O4S. The Kier molecular flexibility index (Phi) is 4.31. The van der Waals surface area contributed by atoms with Crippen LogP contribution in [0.4, 0.5) is 5.69 Å². The number of carbonyl (C=O) groups is 1. The quantitative estimate of drug-likeness (QED) is 0.601. The maximum atomic E-state index is 12.2. The van der Waals surface area contributed by atoms with Crippen molar-refractivity contribution in [3.63, 3.8) is 0 Å². The molecule has 1 aromatic rings. The third-order valence-electron chi connectivity index (χ3n) is 2.85. The zero-order valence-electron chi connectivity index (χ0n) is 9.87. The summed E-state index contributed by atoms with van der Waals surface area (Å²) in [5.41, 5.74) is 0.147. The number of amides is 1. The van der Waals surface area contributed by atoms with Crippen LogP contribution in [0.25, 0.3) is 0 Å². The number of nitro groups is 1. The van der Waals surface area contributed by atoms with E-state index in [0.717, 1.165) is 0 Å². The molecule has 0 spiro atoms. The summed E-state index contributed by atoms with van der Waals surface area (Å²) in [5.74, 6) is 0.668. The van der Waals surface area contributed by atoms with Crippen molar-refractivity contribution in [1.82, 2.24) is 4.90 Å². The zero-order valence-corrected chi connectivity index (χ0v) is 12.3. The fraction of sp³-hybridized carbons (Fsp3) is 0.364. The summed E-state index contributed by atoms with van der Waals surface area (Å²) in [6, 6.07) is 4.30. The normalized spacial score (nSPS) is 16.4. The minimum Gasteiger partial charge on any atom is -0.337 e. The van der Waals surface area contributed by atoms with E-state index >= 15 is 0 Å². The molecule has 0 saturated carbocycles. The summed E-state index contributed by atoms with van der Waals surface area (Å²) < 4.78 is 11.6. The number of nitro benzene ring substituents is 1. The summed E-state index contributed by atoms with van der Waals surface area (Å²) >= 11 is 3.08. The number of benzene rings is 1. The van der Waals surface area contributed by atoms with Gasteiger partial charge in [-0.15, -0.1) is 0 Å². The van der Waals surface area contributed by atoms with Crippen LogP contribution in [-0.4, -0.2) is 44.5 Å². The third-order valence-corrected chi connectivity index (χ3v) is 4.80. The second kappa shape index (κ2) is 5.79. The molecule has 0 N–H and O–H groups in total. The van der Waals surface area contributed by atoms with Gasteiger partial charge in [0.15, 0.2) is 0 Å². The summed E-state index contributed by atoms with van der Waals surface area (Å²) in [4.78, 5) is 24.1. The second-order valence-corrected chi connectivity index (χ2v) is 6.61. The van der Waals surface area contributed by atoms with Crippen LogP contribution in [0.2, 0.25) is 0 Å². The fourth-order valence-corrected chi connectivity index (χ4v) is 3.25. The van der Waals surface area contributed by atoms with Gasteiger partial charge in [0.1, 0.15) is 0 Å². The van der Waals surface area contributed by atoms with Crippen molar-refractivity contribution in [2.75, 3.05) is 24.6 Å². The van der Waals surface area contributed by atoms with E-state index < -0.39 is 15.7 Å². The van der Waals surface area contributed by atoms with Gasteiger partial charge in [-0.2, -0.15) is 0 Å². The molecule has 0 aromatic heterocycles. The summed E-state index contributed by atoms with van der Waals surface area (Å²) in [6.07, 6.45) is 0. The van der Waals surface area contributed by atoms with E-state index in [4.69, 9.17) is 0 Å². The average Bonchev–Trinajstić information content (AvgIpc) is 2.39. The van der Waals surface area contributed by atoms with Crippen LogP contribution in [0.15, 0.2) is 22.7 Å². The van der Waals surface area contributed by atoms with Crippen molar-refractivity contribution >= 4 is 38.3 Å². The van der Waals surface area contributed by atoms with E-state index in [0.29, 0.717) is 29.1 Å². The fourth-order valence-electron chi connectivity index (χ4n) is 1.81. The van der Waals surface area contributed by atoms with Crippen LogP contribution in [-0.2, 0) is 10.8 Å². The van der Waals surface area contributed by atoms with Crippen LogP contribution in [0, 0.1) is 10.1 Å². The smallest absolute Gasteiger partial charge is 0.284 e. The number of halogens is 1. The Balaban J connectivity index is 2.22. The lowest BCUT2D eigenvalue weighted by Gasteiger charge is -2.26. The average molecular weight is 347 g/mol. The molecule has 1 amide bonds. The molecule has 0 aliphatic carbocycles. The molecule has 2 rings (SSSR count). The number of hydrogen-bond acceptors (Lipinski definition) is 4. The number of carbonyl (C=O) groups excluding carboxylic acids is 1. The minimum absolute atomic E-state index is 0.133. The molecule has 1 fully saturated rings. The molecule has 19 heavy (non-hydrogen) atoms. The maximum Gasteiger partial charge on any atom is 0.284 e. The van der Waals surface area contributed by atoms with Gasteiger partial charge < -0.3 is 4.90 Å². The predicted molar refractivity (Wildman–Crippen MR) is 74.6 cm³/mol. The van der Waals surface area contributed by atoms with Crippen molar-refractivity contribution < 1.29 is 13.9 Å². The summed E-state index contributed by atoms with van der Waals surface area (Å²) in [5, 5.41) is 10.8. The van der Waals surface area contributed by atoms with Crippen molar-refractivity contribution in [2.45, 2.75) is 0 Å². The summed E-state index contributed by atoms with van der Waals surface area (Å²) in [7, 11) is -0.859. The van der Waals surface area contributed by atoms with Gasteiger partial charge in [-0.3, -0.25) is 19.1 Å². The Bertz CT molecular complexity index is 554. The largest absolute Gasteiger partial charge is 0.337 e. The van der Waals surface area contributed by atoms with Gasteiger partial charge in [0, 0.05) is 47.0 Å². The molecule has 1 aromatic carbocycles. The first-order valence-corrected chi connectivity index (χ1v) is 7.85. The van der Waals surface area contributed by atoms with Crippen molar-refractivity contribution in [3.8, 4) is 0 Å². The Labute approximate surface area is 120 Å². The Morgan fingerprint density at radius 2 is 2.00 bits per heavy atom. The van der Waals surface area contributed by atoms with Crippen molar-refractivity contribution in [3.05, 3.63) is 38.3 Å². The number of hydrogen-bond donors (Lipinski definition) is 0. The van der Waals surface area contributed by atoms with Gasteiger partial charge in [-0.1, -0.05) is 0 Å². The molecular weight excluding hydrogens is 336 g/mol. The highest BCUT2D eigenvalue weighted by Gasteiger charge is 2.23. The number of nitrogens with zero attached hydrogens (tertiary/aromatic N) is 2. The van der Waals surface area contributed by atoms with E-state index in [-0.39, 0.29) is 17.2 Å².